The fourth-order valence-corrected chi connectivity index (χ4v) is 1.71. The fraction of sp³-hybridized carbons (Fsp3) is 0.0667. The van der Waals surface area contributed by atoms with Crippen molar-refractivity contribution in [1.82, 2.24) is 0 Å². The highest BCUT2D eigenvalue weighted by Crippen LogP contribution is 2.24. The number of carbonyl (C=O) groups excluding carboxylic acids is 1. The molecule has 19 heavy (non-hydrogen) atoms. The van der Waals surface area contributed by atoms with Gasteiger partial charge in [-0.2, -0.15) is 5.26 Å². The van der Waals surface area contributed by atoms with E-state index in [-0.39, 0.29) is 0 Å². The first kappa shape index (κ1) is 12.7. The predicted octanol–water partition coefficient (Wildman–Crippen LogP) is 2.16. The van der Waals surface area contributed by atoms with E-state index in [9.17, 15) is 4.79 Å². The van der Waals surface area contributed by atoms with E-state index in [4.69, 9.17) is 15.7 Å². The number of nitrogens with two attached hydrogens (primary N) is 1. The Balaban J connectivity index is 2.33. The zero-order valence-electron chi connectivity index (χ0n) is 10.1. The van der Waals surface area contributed by atoms with Gasteiger partial charge in [-0.1, -0.05) is 42.5 Å². The number of benzene rings is 2. The summed E-state index contributed by atoms with van der Waals surface area (Å²) in [6.07, 6.45) is -0.907. The highest BCUT2D eigenvalue weighted by Gasteiger charge is 2.20. The molecule has 1 atom stereocenters. The number of hydrogen-bond acceptors (Lipinski definition) is 3. The van der Waals surface area contributed by atoms with Crippen LogP contribution in [0.2, 0.25) is 0 Å². The molecule has 0 spiro atoms. The average molecular weight is 252 g/mol. The molecule has 1 amide bonds. The quantitative estimate of drug-likeness (QED) is 0.905. The maximum absolute atomic E-state index is 11.5. The first-order chi connectivity index (χ1) is 9.22. The van der Waals surface area contributed by atoms with E-state index in [0.29, 0.717) is 16.9 Å². The van der Waals surface area contributed by atoms with Crippen LogP contribution < -0.4 is 10.5 Å². The van der Waals surface area contributed by atoms with Gasteiger partial charge in [0.05, 0.1) is 5.56 Å². The maximum atomic E-state index is 11.5. The molecule has 2 aromatic carbocycles. The molecule has 0 heterocycles. The minimum absolute atomic E-state index is 0.345. The van der Waals surface area contributed by atoms with Gasteiger partial charge in [-0.3, -0.25) is 4.79 Å². The summed E-state index contributed by atoms with van der Waals surface area (Å²) in [4.78, 5) is 11.5. The van der Waals surface area contributed by atoms with Crippen molar-refractivity contribution in [3.05, 3.63) is 65.7 Å². The molecule has 0 aliphatic carbocycles. The fourth-order valence-electron chi connectivity index (χ4n) is 1.71. The molecule has 0 saturated carbocycles. The zero-order chi connectivity index (χ0) is 13.7. The van der Waals surface area contributed by atoms with Crippen molar-refractivity contribution in [2.75, 3.05) is 0 Å². The molecule has 4 nitrogen and oxygen atoms in total. The number of nitrogens with zero attached hydrogens (tertiary/aromatic N) is 1. The molecule has 0 saturated heterocycles. The van der Waals surface area contributed by atoms with Gasteiger partial charge >= 0.3 is 0 Å². The smallest absolute Gasteiger partial charge is 0.263 e. The third kappa shape index (κ3) is 2.90. The topological polar surface area (TPSA) is 76.1 Å². The van der Waals surface area contributed by atoms with E-state index >= 15 is 0 Å². The minimum atomic E-state index is -0.907. The van der Waals surface area contributed by atoms with Crippen molar-refractivity contribution in [2.45, 2.75) is 6.10 Å². The minimum Gasteiger partial charge on any atom is -0.474 e. The van der Waals surface area contributed by atoms with Gasteiger partial charge in [0.1, 0.15) is 11.8 Å². The Kier molecular flexibility index (Phi) is 3.79. The van der Waals surface area contributed by atoms with Crippen LogP contribution in [0.15, 0.2) is 54.6 Å². The van der Waals surface area contributed by atoms with Crippen LogP contribution in [0.4, 0.5) is 0 Å². The van der Waals surface area contributed by atoms with Crippen molar-refractivity contribution in [3.63, 3.8) is 0 Å². The van der Waals surface area contributed by atoms with E-state index in [1.807, 2.05) is 12.1 Å². The average Bonchev–Trinajstić information content (AvgIpc) is 2.45. The number of carbonyl (C=O) groups is 1. The van der Waals surface area contributed by atoms with E-state index in [1.165, 1.54) is 0 Å². The number of amides is 1. The molecule has 4 heteroatoms. The molecule has 0 fully saturated rings. The first-order valence-electron chi connectivity index (χ1n) is 5.72. The van der Waals surface area contributed by atoms with Gasteiger partial charge in [-0.15, -0.1) is 0 Å². The van der Waals surface area contributed by atoms with Crippen LogP contribution in [0.25, 0.3) is 0 Å². The highest BCUT2D eigenvalue weighted by molar-refractivity contribution is 5.80. The molecule has 2 rings (SSSR count). The molecule has 0 aromatic heterocycles. The summed E-state index contributed by atoms with van der Waals surface area (Å²) >= 11 is 0. The van der Waals surface area contributed by atoms with E-state index < -0.39 is 12.0 Å². The molecular weight excluding hydrogens is 240 g/mol. The van der Waals surface area contributed by atoms with Crippen LogP contribution in [-0.4, -0.2) is 5.91 Å². The number of hydrogen-bond donors (Lipinski definition) is 1. The van der Waals surface area contributed by atoms with Crippen LogP contribution in [0.1, 0.15) is 17.2 Å². The molecule has 0 aliphatic rings. The Morgan fingerprint density at radius 1 is 1.11 bits per heavy atom. The number of rotatable bonds is 4. The van der Waals surface area contributed by atoms with Crippen LogP contribution >= 0.6 is 0 Å². The largest absolute Gasteiger partial charge is 0.474 e. The van der Waals surface area contributed by atoms with Gasteiger partial charge < -0.3 is 10.5 Å². The highest BCUT2D eigenvalue weighted by atomic mass is 16.5. The third-order valence-electron chi connectivity index (χ3n) is 2.61. The Morgan fingerprint density at radius 3 is 2.37 bits per heavy atom. The second-order valence-corrected chi connectivity index (χ2v) is 3.92. The molecule has 2 aromatic rings. The lowest BCUT2D eigenvalue weighted by Gasteiger charge is -2.17. The molecular formula is C15H12N2O2. The Morgan fingerprint density at radius 2 is 1.74 bits per heavy atom. The van der Waals surface area contributed by atoms with Gasteiger partial charge in [0.2, 0.25) is 6.10 Å². The number of ether oxygens (including phenoxy) is 1. The molecule has 0 radical (unpaired) electrons. The second kappa shape index (κ2) is 5.69. The van der Waals surface area contributed by atoms with Crippen molar-refractivity contribution in [3.8, 4) is 11.8 Å². The van der Waals surface area contributed by atoms with Crippen molar-refractivity contribution in [2.24, 2.45) is 5.73 Å². The normalized spacial score (nSPS) is 11.3. The standard InChI is InChI=1S/C15H12N2O2/c16-10-12-8-4-5-9-13(12)19-14(15(17)18)11-6-2-1-3-7-11/h1-9,14H,(H2,17,18). The summed E-state index contributed by atoms with van der Waals surface area (Å²) in [5.41, 5.74) is 6.38. The lowest BCUT2D eigenvalue weighted by molar-refractivity contribution is -0.125. The molecule has 2 N–H and O–H groups in total. The summed E-state index contributed by atoms with van der Waals surface area (Å²) in [5, 5.41) is 8.99. The van der Waals surface area contributed by atoms with Gasteiger partial charge in [0.25, 0.3) is 5.91 Å². The van der Waals surface area contributed by atoms with Crippen molar-refractivity contribution >= 4 is 5.91 Å². The third-order valence-corrected chi connectivity index (χ3v) is 2.61. The van der Waals surface area contributed by atoms with Crippen LogP contribution in [-0.2, 0) is 4.79 Å². The SMILES string of the molecule is N#Cc1ccccc1OC(C(N)=O)c1ccccc1. The summed E-state index contributed by atoms with van der Waals surface area (Å²) < 4.78 is 5.59. The second-order valence-electron chi connectivity index (χ2n) is 3.92. The van der Waals surface area contributed by atoms with Crippen molar-refractivity contribution < 1.29 is 9.53 Å². The van der Waals surface area contributed by atoms with E-state index in [0.717, 1.165) is 0 Å². The number of primary amides is 1. The Labute approximate surface area is 111 Å². The summed E-state index contributed by atoms with van der Waals surface area (Å²) in [7, 11) is 0. The molecule has 1 unspecified atom stereocenters. The molecule has 94 valence electrons. The summed E-state index contributed by atoms with van der Waals surface area (Å²) in [6.45, 7) is 0. The summed E-state index contributed by atoms with van der Waals surface area (Å²) in [5.74, 6) is -0.253. The van der Waals surface area contributed by atoms with Gasteiger partial charge in [0.15, 0.2) is 0 Å². The number of nitriles is 1. The lowest BCUT2D eigenvalue weighted by atomic mass is 10.1. The molecule has 0 bridgehead atoms. The van der Waals surface area contributed by atoms with Gasteiger partial charge in [-0.25, -0.2) is 0 Å². The van der Waals surface area contributed by atoms with Crippen LogP contribution in [0, 0.1) is 11.3 Å². The van der Waals surface area contributed by atoms with E-state index in [2.05, 4.69) is 0 Å². The predicted molar refractivity (Wildman–Crippen MR) is 70.2 cm³/mol. The summed E-state index contributed by atoms with van der Waals surface area (Å²) in [6, 6.07) is 17.7. The monoisotopic (exact) mass is 252 g/mol. The van der Waals surface area contributed by atoms with Crippen LogP contribution in [0.3, 0.4) is 0 Å². The molecule has 0 aliphatic heterocycles. The van der Waals surface area contributed by atoms with Crippen LogP contribution in [0.5, 0.6) is 5.75 Å². The number of para-hydroxylation sites is 1. The lowest BCUT2D eigenvalue weighted by Crippen LogP contribution is -2.26. The maximum Gasteiger partial charge on any atom is 0.263 e. The van der Waals surface area contributed by atoms with Gasteiger partial charge in [-0.05, 0) is 12.1 Å². The zero-order valence-corrected chi connectivity index (χ0v) is 10.1. The van der Waals surface area contributed by atoms with Gasteiger partial charge in [0, 0.05) is 5.56 Å². The van der Waals surface area contributed by atoms with Crippen molar-refractivity contribution in [1.29, 1.82) is 5.26 Å². The first-order valence-corrected chi connectivity index (χ1v) is 5.72. The Hall–Kier alpha value is -2.80. The van der Waals surface area contributed by atoms with E-state index in [1.54, 1.807) is 48.5 Å². The Bertz CT molecular complexity index is 618.